The van der Waals surface area contributed by atoms with Crippen molar-refractivity contribution >= 4 is 23.3 Å². The molecule has 1 saturated heterocycles. The Balaban J connectivity index is 2.06. The third-order valence-electron chi connectivity index (χ3n) is 4.53. The van der Waals surface area contributed by atoms with Gasteiger partial charge in [0.15, 0.2) is 0 Å². The van der Waals surface area contributed by atoms with Gasteiger partial charge < -0.3 is 20.1 Å². The van der Waals surface area contributed by atoms with E-state index in [4.69, 9.17) is 16.3 Å². The minimum absolute atomic E-state index is 0.118. The quantitative estimate of drug-likeness (QED) is 0.837. The van der Waals surface area contributed by atoms with Crippen molar-refractivity contribution in [2.24, 2.45) is 0 Å². The maximum Gasteiger partial charge on any atom is 0.254 e. The summed E-state index contributed by atoms with van der Waals surface area (Å²) >= 11 is 6.50. The highest BCUT2D eigenvalue weighted by Gasteiger charge is 2.28. The molecule has 0 saturated carbocycles. The molecule has 0 aliphatic carbocycles. The smallest absolute Gasteiger partial charge is 0.254 e. The second-order valence-electron chi connectivity index (χ2n) is 6.52. The first-order valence-electron chi connectivity index (χ1n) is 8.82. The lowest BCUT2D eigenvalue weighted by Gasteiger charge is -2.31. The molecule has 0 spiro atoms. The van der Waals surface area contributed by atoms with Gasteiger partial charge in [-0.1, -0.05) is 11.6 Å². The first kappa shape index (κ1) is 19.4. The molecule has 144 valence electrons. The van der Waals surface area contributed by atoms with Crippen LogP contribution in [-0.2, 0) is 4.74 Å². The van der Waals surface area contributed by atoms with Crippen LogP contribution in [0.5, 0.6) is 5.75 Å². The molecule has 8 heteroatoms. The van der Waals surface area contributed by atoms with E-state index in [0.29, 0.717) is 29.6 Å². The van der Waals surface area contributed by atoms with E-state index in [-0.39, 0.29) is 17.4 Å². The SMILES string of the molecule is CNC(=O)c1cc(Cl)c([C@H]2COCCCN2c2cc(C)nc(C)n2)cc1O. The molecule has 27 heavy (non-hydrogen) atoms. The van der Waals surface area contributed by atoms with Crippen molar-refractivity contribution < 1.29 is 14.6 Å². The highest BCUT2D eigenvalue weighted by Crippen LogP contribution is 2.36. The van der Waals surface area contributed by atoms with Crippen LogP contribution in [0.25, 0.3) is 0 Å². The normalized spacial score (nSPS) is 17.5. The number of carbonyl (C=O) groups is 1. The summed E-state index contributed by atoms with van der Waals surface area (Å²) in [5, 5.41) is 13.3. The monoisotopic (exact) mass is 390 g/mol. The maximum atomic E-state index is 11.9. The number of halogens is 1. The van der Waals surface area contributed by atoms with E-state index >= 15 is 0 Å². The van der Waals surface area contributed by atoms with Gasteiger partial charge in [0.25, 0.3) is 5.91 Å². The number of phenols is 1. The zero-order valence-corrected chi connectivity index (χ0v) is 16.4. The van der Waals surface area contributed by atoms with Gasteiger partial charge in [-0.25, -0.2) is 9.97 Å². The number of benzene rings is 1. The predicted octanol–water partition coefficient (Wildman–Crippen LogP) is 2.78. The van der Waals surface area contributed by atoms with Crippen molar-refractivity contribution in [1.82, 2.24) is 15.3 Å². The van der Waals surface area contributed by atoms with Gasteiger partial charge in [-0.15, -0.1) is 0 Å². The van der Waals surface area contributed by atoms with E-state index < -0.39 is 5.91 Å². The minimum Gasteiger partial charge on any atom is -0.507 e. The van der Waals surface area contributed by atoms with Gasteiger partial charge in [-0.05, 0) is 38.0 Å². The Hall–Kier alpha value is -2.38. The first-order valence-corrected chi connectivity index (χ1v) is 9.19. The molecular weight excluding hydrogens is 368 g/mol. The number of nitrogens with zero attached hydrogens (tertiary/aromatic N) is 3. The third-order valence-corrected chi connectivity index (χ3v) is 4.86. The molecule has 1 aliphatic rings. The molecule has 0 radical (unpaired) electrons. The minimum atomic E-state index is -0.392. The van der Waals surface area contributed by atoms with Crippen molar-refractivity contribution in [1.29, 1.82) is 0 Å². The number of amides is 1. The molecule has 7 nitrogen and oxygen atoms in total. The molecule has 2 aromatic rings. The summed E-state index contributed by atoms with van der Waals surface area (Å²) in [7, 11) is 1.50. The molecule has 1 aliphatic heterocycles. The van der Waals surface area contributed by atoms with Crippen LogP contribution in [0.1, 0.15) is 39.9 Å². The fourth-order valence-corrected chi connectivity index (χ4v) is 3.59. The topological polar surface area (TPSA) is 87.6 Å². The van der Waals surface area contributed by atoms with Crippen LogP contribution in [0.2, 0.25) is 5.02 Å². The molecule has 0 bridgehead atoms. The van der Waals surface area contributed by atoms with E-state index in [1.807, 2.05) is 19.9 Å². The van der Waals surface area contributed by atoms with Crippen molar-refractivity contribution in [3.05, 3.63) is 45.9 Å². The van der Waals surface area contributed by atoms with Gasteiger partial charge in [0.2, 0.25) is 0 Å². The fourth-order valence-electron chi connectivity index (χ4n) is 3.30. The summed E-state index contributed by atoms with van der Waals surface area (Å²) in [5.74, 6) is 0.976. The molecule has 0 unspecified atom stereocenters. The maximum absolute atomic E-state index is 11.9. The number of hydrogen-bond acceptors (Lipinski definition) is 6. The average molecular weight is 391 g/mol. The van der Waals surface area contributed by atoms with Crippen LogP contribution in [0, 0.1) is 13.8 Å². The standard InChI is InChI=1S/C19H23ClN4O3/c1-11-7-18(23-12(2)22-11)24-5-4-6-27-10-16(24)13-9-17(25)14(8-15(13)20)19(26)21-3/h7-9,16,25H,4-6,10H2,1-3H3,(H,21,26)/t16-/m1/s1. The lowest BCUT2D eigenvalue weighted by Crippen LogP contribution is -2.32. The highest BCUT2D eigenvalue weighted by atomic mass is 35.5. The number of aromatic nitrogens is 2. The lowest BCUT2D eigenvalue weighted by molar-refractivity contribution is 0.0960. The second kappa shape index (κ2) is 8.10. The van der Waals surface area contributed by atoms with E-state index in [2.05, 4.69) is 20.2 Å². The summed E-state index contributed by atoms with van der Waals surface area (Å²) in [4.78, 5) is 22.9. The number of phenolic OH excluding ortho intramolecular Hbond substituents is 1. The number of hydrogen-bond donors (Lipinski definition) is 2. The Morgan fingerprint density at radius 3 is 2.81 bits per heavy atom. The van der Waals surface area contributed by atoms with E-state index in [1.165, 1.54) is 13.1 Å². The van der Waals surface area contributed by atoms with Gasteiger partial charge in [0, 0.05) is 37.0 Å². The van der Waals surface area contributed by atoms with Crippen LogP contribution in [-0.4, -0.2) is 47.8 Å². The molecule has 2 N–H and O–H groups in total. The zero-order chi connectivity index (χ0) is 19.6. The molecular formula is C19H23ClN4O3. The number of nitrogens with one attached hydrogen (secondary N) is 1. The Labute approximate surface area is 163 Å². The van der Waals surface area contributed by atoms with E-state index in [0.717, 1.165) is 24.5 Å². The summed E-state index contributed by atoms with van der Waals surface area (Å²) in [6, 6.07) is 4.72. The molecule has 1 aromatic carbocycles. The molecule has 1 atom stereocenters. The van der Waals surface area contributed by atoms with Gasteiger partial charge in [0.05, 0.1) is 18.2 Å². The molecule has 3 rings (SSSR count). The highest BCUT2D eigenvalue weighted by molar-refractivity contribution is 6.32. The summed E-state index contributed by atoms with van der Waals surface area (Å²) in [6.07, 6.45) is 0.846. The van der Waals surface area contributed by atoms with Crippen molar-refractivity contribution in [3.63, 3.8) is 0 Å². The van der Waals surface area contributed by atoms with Crippen LogP contribution in [0.4, 0.5) is 5.82 Å². The van der Waals surface area contributed by atoms with Crippen molar-refractivity contribution in [2.45, 2.75) is 26.3 Å². The van der Waals surface area contributed by atoms with Crippen LogP contribution in [0.3, 0.4) is 0 Å². The molecule has 1 aromatic heterocycles. The van der Waals surface area contributed by atoms with Gasteiger partial charge in [0.1, 0.15) is 17.4 Å². The van der Waals surface area contributed by atoms with Crippen LogP contribution < -0.4 is 10.2 Å². The summed E-state index contributed by atoms with van der Waals surface area (Å²) < 4.78 is 5.76. The fraction of sp³-hybridized carbons (Fsp3) is 0.421. The number of anilines is 1. The van der Waals surface area contributed by atoms with Gasteiger partial charge in [-0.3, -0.25) is 4.79 Å². The Kier molecular flexibility index (Phi) is 5.82. The Morgan fingerprint density at radius 2 is 2.11 bits per heavy atom. The number of carbonyl (C=O) groups excluding carboxylic acids is 1. The number of aryl methyl sites for hydroxylation is 2. The van der Waals surface area contributed by atoms with Gasteiger partial charge >= 0.3 is 0 Å². The first-order chi connectivity index (χ1) is 12.9. The van der Waals surface area contributed by atoms with Gasteiger partial charge in [-0.2, -0.15) is 0 Å². The number of aromatic hydroxyl groups is 1. The summed E-state index contributed by atoms with van der Waals surface area (Å²) in [6.45, 7) is 5.56. The molecule has 1 fully saturated rings. The predicted molar refractivity (Wildman–Crippen MR) is 104 cm³/mol. The largest absolute Gasteiger partial charge is 0.507 e. The number of ether oxygens (including phenoxy) is 1. The summed E-state index contributed by atoms with van der Waals surface area (Å²) in [5.41, 5.74) is 1.71. The van der Waals surface area contributed by atoms with E-state index in [9.17, 15) is 9.90 Å². The Morgan fingerprint density at radius 1 is 1.33 bits per heavy atom. The second-order valence-corrected chi connectivity index (χ2v) is 6.93. The lowest BCUT2D eigenvalue weighted by atomic mass is 10.0. The van der Waals surface area contributed by atoms with E-state index in [1.54, 1.807) is 6.07 Å². The third kappa shape index (κ3) is 4.14. The van der Waals surface area contributed by atoms with Crippen molar-refractivity contribution in [3.8, 4) is 5.75 Å². The van der Waals surface area contributed by atoms with Crippen LogP contribution >= 0.6 is 11.6 Å². The zero-order valence-electron chi connectivity index (χ0n) is 15.6. The number of rotatable bonds is 3. The average Bonchev–Trinajstić information content (AvgIpc) is 2.87. The van der Waals surface area contributed by atoms with Crippen molar-refractivity contribution in [2.75, 3.05) is 31.7 Å². The van der Waals surface area contributed by atoms with Crippen LogP contribution in [0.15, 0.2) is 18.2 Å². The molecule has 1 amide bonds. The Bertz CT molecular complexity index is 839. The molecule has 2 heterocycles.